The molecule has 0 bridgehead atoms. The van der Waals surface area contributed by atoms with Gasteiger partial charge in [-0.25, -0.2) is 0 Å². The monoisotopic (exact) mass is 336 g/mol. The van der Waals surface area contributed by atoms with E-state index in [9.17, 15) is 15.0 Å². The van der Waals surface area contributed by atoms with Crippen LogP contribution in [-0.4, -0.2) is 10.2 Å². The van der Waals surface area contributed by atoms with Crippen LogP contribution in [0.25, 0.3) is 22.3 Å². The highest BCUT2D eigenvalue weighted by atomic mass is 16.5. The summed E-state index contributed by atoms with van der Waals surface area (Å²) in [5.41, 5.74) is 2.11. The van der Waals surface area contributed by atoms with Crippen LogP contribution >= 0.6 is 0 Å². The normalized spacial score (nSPS) is 15.2. The van der Waals surface area contributed by atoms with Gasteiger partial charge in [0.1, 0.15) is 34.7 Å². The van der Waals surface area contributed by atoms with E-state index in [1.807, 2.05) is 19.9 Å². The summed E-state index contributed by atoms with van der Waals surface area (Å²) in [6.07, 6.45) is 1.23. The Morgan fingerprint density at radius 1 is 1.08 bits per heavy atom. The topological polar surface area (TPSA) is 79.9 Å². The van der Waals surface area contributed by atoms with Crippen LogP contribution in [0.1, 0.15) is 25.5 Å². The molecule has 0 aliphatic carbocycles. The van der Waals surface area contributed by atoms with Gasteiger partial charge in [-0.3, -0.25) is 4.79 Å². The first-order chi connectivity index (χ1) is 11.9. The molecule has 0 saturated heterocycles. The molecule has 3 aromatic rings. The molecule has 2 aromatic carbocycles. The lowest BCUT2D eigenvalue weighted by molar-refractivity contribution is 0.244. The van der Waals surface area contributed by atoms with Gasteiger partial charge in [-0.2, -0.15) is 0 Å². The molecule has 1 aliphatic heterocycles. The largest absolute Gasteiger partial charge is 0.508 e. The molecule has 2 heterocycles. The molecular formula is C20H16O5. The van der Waals surface area contributed by atoms with E-state index in [-0.39, 0.29) is 16.9 Å². The molecule has 5 nitrogen and oxygen atoms in total. The minimum atomic E-state index is -0.608. The van der Waals surface area contributed by atoms with Crippen molar-refractivity contribution in [2.75, 3.05) is 0 Å². The maximum absolute atomic E-state index is 13.1. The van der Waals surface area contributed by atoms with Crippen LogP contribution in [0.15, 0.2) is 57.3 Å². The minimum absolute atomic E-state index is 0.0226. The third-order valence-corrected chi connectivity index (χ3v) is 4.14. The van der Waals surface area contributed by atoms with Crippen molar-refractivity contribution in [2.45, 2.75) is 20.0 Å². The Morgan fingerprint density at radius 3 is 2.56 bits per heavy atom. The average molecular weight is 336 g/mol. The Balaban J connectivity index is 2.11. The third kappa shape index (κ3) is 2.45. The van der Waals surface area contributed by atoms with Gasteiger partial charge >= 0.3 is 0 Å². The Morgan fingerprint density at radius 2 is 1.80 bits per heavy atom. The summed E-state index contributed by atoms with van der Waals surface area (Å²) in [6.45, 7) is 3.84. The smallest absolute Gasteiger partial charge is 0.200 e. The van der Waals surface area contributed by atoms with Crippen molar-refractivity contribution >= 4 is 11.0 Å². The molecule has 126 valence electrons. The van der Waals surface area contributed by atoms with Gasteiger partial charge < -0.3 is 19.4 Å². The first-order valence-electron chi connectivity index (χ1n) is 7.89. The highest BCUT2D eigenvalue weighted by molar-refractivity contribution is 5.84. The molecule has 0 saturated carbocycles. The fraction of sp³-hybridized carbons (Fsp3) is 0.150. The fourth-order valence-electron chi connectivity index (χ4n) is 3.07. The SMILES string of the molecule is CC(C)=C[C@H]1Oc2cc(O)ccc2-c2oc3cc(O)ccc3c(=O)c21. The summed E-state index contributed by atoms with van der Waals surface area (Å²) in [7, 11) is 0. The summed E-state index contributed by atoms with van der Waals surface area (Å²) < 4.78 is 11.9. The number of ether oxygens (including phenoxy) is 1. The molecule has 0 unspecified atom stereocenters. The van der Waals surface area contributed by atoms with Crippen molar-refractivity contribution in [1.29, 1.82) is 0 Å². The van der Waals surface area contributed by atoms with E-state index in [0.29, 0.717) is 33.6 Å². The Bertz CT molecular complexity index is 1090. The molecular weight excluding hydrogens is 320 g/mol. The lowest BCUT2D eigenvalue weighted by Crippen LogP contribution is -2.22. The van der Waals surface area contributed by atoms with Gasteiger partial charge in [0.2, 0.25) is 5.43 Å². The fourth-order valence-corrected chi connectivity index (χ4v) is 3.07. The summed E-state index contributed by atoms with van der Waals surface area (Å²) >= 11 is 0. The molecule has 25 heavy (non-hydrogen) atoms. The highest BCUT2D eigenvalue weighted by Crippen LogP contribution is 2.44. The quantitative estimate of drug-likeness (QED) is 0.649. The number of phenolic OH excluding ortho intramolecular Hbond substituents is 2. The molecule has 1 aliphatic rings. The van der Waals surface area contributed by atoms with Crippen LogP contribution in [0.5, 0.6) is 17.2 Å². The van der Waals surface area contributed by atoms with E-state index in [2.05, 4.69) is 0 Å². The lowest BCUT2D eigenvalue weighted by Gasteiger charge is -2.26. The molecule has 5 heteroatoms. The third-order valence-electron chi connectivity index (χ3n) is 4.14. The molecule has 2 N–H and O–H groups in total. The summed E-state index contributed by atoms with van der Waals surface area (Å²) in [5, 5.41) is 19.8. The lowest BCUT2D eigenvalue weighted by atomic mass is 9.96. The number of allylic oxidation sites excluding steroid dienone is 1. The van der Waals surface area contributed by atoms with Crippen molar-refractivity contribution in [3.8, 4) is 28.6 Å². The summed E-state index contributed by atoms with van der Waals surface area (Å²) in [5.74, 6) is 0.929. The second-order valence-corrected chi connectivity index (χ2v) is 6.32. The van der Waals surface area contributed by atoms with E-state index in [0.717, 1.165) is 5.57 Å². The second kappa shape index (κ2) is 5.41. The van der Waals surface area contributed by atoms with Crippen LogP contribution < -0.4 is 10.2 Å². The van der Waals surface area contributed by atoms with E-state index in [1.54, 1.807) is 12.1 Å². The van der Waals surface area contributed by atoms with Gasteiger partial charge in [-0.1, -0.05) is 5.57 Å². The predicted molar refractivity (Wildman–Crippen MR) is 94.0 cm³/mol. The number of fused-ring (bicyclic) bond motifs is 4. The zero-order valence-corrected chi connectivity index (χ0v) is 13.7. The van der Waals surface area contributed by atoms with Crippen molar-refractivity contribution in [3.63, 3.8) is 0 Å². The maximum atomic E-state index is 13.1. The number of hydrogen-bond donors (Lipinski definition) is 2. The molecule has 4 rings (SSSR count). The van der Waals surface area contributed by atoms with Gasteiger partial charge in [0.15, 0.2) is 0 Å². The van der Waals surface area contributed by atoms with Crippen molar-refractivity contribution in [3.05, 3.63) is 63.8 Å². The van der Waals surface area contributed by atoms with Crippen LogP contribution in [0.4, 0.5) is 0 Å². The average Bonchev–Trinajstić information content (AvgIpc) is 2.53. The first-order valence-corrected chi connectivity index (χ1v) is 7.89. The molecule has 0 amide bonds. The van der Waals surface area contributed by atoms with Crippen molar-refractivity contribution < 1.29 is 19.4 Å². The van der Waals surface area contributed by atoms with E-state index in [4.69, 9.17) is 9.15 Å². The zero-order chi connectivity index (χ0) is 17.7. The van der Waals surface area contributed by atoms with Crippen LogP contribution in [-0.2, 0) is 0 Å². The second-order valence-electron chi connectivity index (χ2n) is 6.32. The summed E-state index contributed by atoms with van der Waals surface area (Å²) in [4.78, 5) is 13.1. The predicted octanol–water partition coefficient (Wildman–Crippen LogP) is 4.27. The van der Waals surface area contributed by atoms with Crippen LogP contribution in [0.2, 0.25) is 0 Å². The van der Waals surface area contributed by atoms with E-state index in [1.165, 1.54) is 24.3 Å². The Hall–Kier alpha value is -3.21. The number of rotatable bonds is 1. The summed E-state index contributed by atoms with van der Waals surface area (Å²) in [6, 6.07) is 9.08. The molecule has 0 fully saturated rings. The van der Waals surface area contributed by atoms with Crippen LogP contribution in [0, 0.1) is 0 Å². The van der Waals surface area contributed by atoms with Gasteiger partial charge in [0, 0.05) is 12.1 Å². The number of phenols is 2. The number of aromatic hydroxyl groups is 2. The zero-order valence-electron chi connectivity index (χ0n) is 13.7. The number of benzene rings is 2. The van der Waals surface area contributed by atoms with Gasteiger partial charge in [-0.05, 0) is 44.2 Å². The molecule has 0 spiro atoms. The minimum Gasteiger partial charge on any atom is -0.508 e. The maximum Gasteiger partial charge on any atom is 0.200 e. The number of hydrogen-bond acceptors (Lipinski definition) is 5. The van der Waals surface area contributed by atoms with Crippen molar-refractivity contribution in [1.82, 2.24) is 0 Å². The van der Waals surface area contributed by atoms with E-state index < -0.39 is 6.10 Å². The first kappa shape index (κ1) is 15.3. The molecule has 1 aromatic heterocycles. The standard InChI is InChI=1S/C20H16O5/c1-10(2)7-17-18-19(23)13-5-3-11(21)8-15(13)25-20(18)14-6-4-12(22)9-16(14)24-17/h3-9,17,21-22H,1-2H3/t17-/m1/s1. The Kier molecular flexibility index (Phi) is 3.32. The highest BCUT2D eigenvalue weighted by Gasteiger charge is 2.31. The van der Waals surface area contributed by atoms with Gasteiger partial charge in [0.25, 0.3) is 0 Å². The molecule has 1 atom stereocenters. The molecule has 0 radical (unpaired) electrons. The van der Waals surface area contributed by atoms with Crippen LogP contribution in [0.3, 0.4) is 0 Å². The van der Waals surface area contributed by atoms with E-state index >= 15 is 0 Å². The van der Waals surface area contributed by atoms with Gasteiger partial charge in [0.05, 0.1) is 16.5 Å². The van der Waals surface area contributed by atoms with Crippen molar-refractivity contribution in [2.24, 2.45) is 0 Å². The van der Waals surface area contributed by atoms with Gasteiger partial charge in [-0.15, -0.1) is 0 Å². The Labute approximate surface area is 143 Å².